The Kier molecular flexibility index (Phi) is 5.08. The van der Waals surface area contributed by atoms with Gasteiger partial charge in [0, 0.05) is 20.0 Å². The molecule has 0 radical (unpaired) electrons. The third-order valence-electron chi connectivity index (χ3n) is 4.22. The van der Waals surface area contributed by atoms with E-state index in [-0.39, 0.29) is 6.04 Å². The zero-order chi connectivity index (χ0) is 16.9. The van der Waals surface area contributed by atoms with Crippen LogP contribution in [-0.2, 0) is 12.8 Å². The molecule has 2 aromatic rings. The maximum absolute atomic E-state index is 5.65. The van der Waals surface area contributed by atoms with Crippen LogP contribution in [0.15, 0.2) is 39.7 Å². The summed E-state index contributed by atoms with van der Waals surface area (Å²) in [4.78, 5) is 4.28. The Morgan fingerprint density at radius 2 is 2.17 bits per heavy atom. The number of hydrogen-bond acceptors (Lipinski definition) is 3. The molecule has 2 heterocycles. The second-order valence-electron chi connectivity index (χ2n) is 6.10. The van der Waals surface area contributed by atoms with Gasteiger partial charge >= 0.3 is 0 Å². The fourth-order valence-corrected chi connectivity index (χ4v) is 2.88. The molecule has 2 N–H and O–H groups in total. The van der Waals surface area contributed by atoms with Gasteiger partial charge in [0.2, 0.25) is 0 Å². The summed E-state index contributed by atoms with van der Waals surface area (Å²) in [5, 5.41) is 6.71. The van der Waals surface area contributed by atoms with E-state index in [2.05, 4.69) is 40.7 Å². The maximum atomic E-state index is 5.65. The molecular formula is C19H25N3O2. The average Bonchev–Trinajstić information content (AvgIpc) is 3.22. The first kappa shape index (κ1) is 16.4. The molecule has 128 valence electrons. The van der Waals surface area contributed by atoms with Crippen molar-refractivity contribution in [2.24, 2.45) is 4.99 Å². The van der Waals surface area contributed by atoms with E-state index in [1.54, 1.807) is 7.05 Å². The third kappa shape index (κ3) is 3.91. The number of aliphatic imine (C=N–C) groups is 1. The Morgan fingerprint density at radius 1 is 1.29 bits per heavy atom. The molecule has 1 aromatic heterocycles. The number of fused-ring (bicyclic) bond motifs is 1. The highest BCUT2D eigenvalue weighted by Crippen LogP contribution is 2.25. The monoisotopic (exact) mass is 327 g/mol. The standard InChI is InChI=1S/C19H25N3O2/c1-13-4-6-17(24-13)14(2)22-19(20-3)21-10-8-15-5-7-18-16(12-15)9-11-23-18/h4-7,12,14H,8-11H2,1-3H3,(H2,20,21,22). The number of benzene rings is 1. The van der Waals surface area contributed by atoms with Crippen LogP contribution in [0.5, 0.6) is 5.75 Å². The number of rotatable bonds is 5. The number of aryl methyl sites for hydroxylation is 1. The van der Waals surface area contributed by atoms with Crippen LogP contribution in [-0.4, -0.2) is 26.2 Å². The number of nitrogens with one attached hydrogen (secondary N) is 2. The first-order valence-electron chi connectivity index (χ1n) is 8.44. The zero-order valence-electron chi connectivity index (χ0n) is 14.6. The Hall–Kier alpha value is -2.43. The van der Waals surface area contributed by atoms with Crippen LogP contribution in [0.1, 0.15) is 35.6 Å². The van der Waals surface area contributed by atoms with Crippen molar-refractivity contribution in [2.45, 2.75) is 32.7 Å². The highest BCUT2D eigenvalue weighted by molar-refractivity contribution is 5.80. The van der Waals surface area contributed by atoms with E-state index in [1.807, 2.05) is 19.1 Å². The minimum absolute atomic E-state index is 0.0713. The normalized spacial score (nSPS) is 14.9. The summed E-state index contributed by atoms with van der Waals surface area (Å²) < 4.78 is 11.2. The van der Waals surface area contributed by atoms with Crippen molar-refractivity contribution in [3.63, 3.8) is 0 Å². The molecule has 5 nitrogen and oxygen atoms in total. The molecule has 1 aliphatic heterocycles. The minimum Gasteiger partial charge on any atom is -0.493 e. The molecule has 3 rings (SSSR count). The first-order chi connectivity index (χ1) is 11.7. The van der Waals surface area contributed by atoms with Gasteiger partial charge < -0.3 is 19.8 Å². The van der Waals surface area contributed by atoms with Gasteiger partial charge in [-0.1, -0.05) is 12.1 Å². The van der Waals surface area contributed by atoms with Crippen molar-refractivity contribution in [2.75, 3.05) is 20.2 Å². The summed E-state index contributed by atoms with van der Waals surface area (Å²) in [6.07, 6.45) is 1.96. The summed E-state index contributed by atoms with van der Waals surface area (Å²) in [5.74, 6) is 3.64. The number of ether oxygens (including phenoxy) is 1. The molecule has 24 heavy (non-hydrogen) atoms. The second-order valence-corrected chi connectivity index (χ2v) is 6.10. The van der Waals surface area contributed by atoms with Crippen molar-refractivity contribution >= 4 is 5.96 Å². The van der Waals surface area contributed by atoms with Crippen LogP contribution in [0.4, 0.5) is 0 Å². The lowest BCUT2D eigenvalue weighted by molar-refractivity contribution is 0.357. The Labute approximate surface area is 143 Å². The van der Waals surface area contributed by atoms with Crippen LogP contribution >= 0.6 is 0 Å². The lowest BCUT2D eigenvalue weighted by atomic mass is 10.1. The minimum atomic E-state index is 0.0713. The molecule has 0 saturated heterocycles. The number of hydrogen-bond donors (Lipinski definition) is 2. The number of guanidine groups is 1. The molecule has 0 fully saturated rings. The lowest BCUT2D eigenvalue weighted by Crippen LogP contribution is -2.39. The highest BCUT2D eigenvalue weighted by Gasteiger charge is 2.13. The van der Waals surface area contributed by atoms with Crippen molar-refractivity contribution in [1.29, 1.82) is 0 Å². The predicted molar refractivity (Wildman–Crippen MR) is 95.7 cm³/mol. The summed E-state index contributed by atoms with van der Waals surface area (Å²) >= 11 is 0. The van der Waals surface area contributed by atoms with Gasteiger partial charge in [-0.05, 0) is 49.6 Å². The van der Waals surface area contributed by atoms with Gasteiger partial charge in [0.15, 0.2) is 5.96 Å². The van der Waals surface area contributed by atoms with Crippen molar-refractivity contribution in [1.82, 2.24) is 10.6 Å². The maximum Gasteiger partial charge on any atom is 0.191 e. The fourth-order valence-electron chi connectivity index (χ4n) is 2.88. The van der Waals surface area contributed by atoms with Crippen molar-refractivity contribution in [3.05, 3.63) is 53.0 Å². The predicted octanol–water partition coefficient (Wildman–Crippen LogP) is 2.99. The van der Waals surface area contributed by atoms with E-state index in [0.29, 0.717) is 0 Å². The molecule has 0 spiro atoms. The van der Waals surface area contributed by atoms with Crippen LogP contribution in [0.25, 0.3) is 0 Å². The van der Waals surface area contributed by atoms with Gasteiger partial charge in [0.25, 0.3) is 0 Å². The first-order valence-corrected chi connectivity index (χ1v) is 8.44. The topological polar surface area (TPSA) is 58.8 Å². The van der Waals surface area contributed by atoms with Gasteiger partial charge in [-0.3, -0.25) is 4.99 Å². The van der Waals surface area contributed by atoms with Crippen molar-refractivity contribution < 1.29 is 9.15 Å². The molecule has 1 aliphatic rings. The van der Waals surface area contributed by atoms with Crippen LogP contribution in [0.3, 0.4) is 0 Å². The van der Waals surface area contributed by atoms with Gasteiger partial charge in [0.1, 0.15) is 17.3 Å². The summed E-state index contributed by atoms with van der Waals surface area (Å²) in [6.45, 7) is 5.64. The van der Waals surface area contributed by atoms with E-state index in [0.717, 1.165) is 49.2 Å². The van der Waals surface area contributed by atoms with Crippen molar-refractivity contribution in [3.8, 4) is 5.75 Å². The third-order valence-corrected chi connectivity index (χ3v) is 4.22. The molecule has 0 bridgehead atoms. The molecule has 1 unspecified atom stereocenters. The van der Waals surface area contributed by atoms with E-state index in [1.165, 1.54) is 11.1 Å². The van der Waals surface area contributed by atoms with Gasteiger partial charge in [-0.25, -0.2) is 0 Å². The molecule has 0 saturated carbocycles. The summed E-state index contributed by atoms with van der Waals surface area (Å²) in [5.41, 5.74) is 2.63. The highest BCUT2D eigenvalue weighted by atomic mass is 16.5. The molecule has 1 aromatic carbocycles. The Bertz CT molecular complexity index is 721. The van der Waals surface area contributed by atoms with Crippen LogP contribution in [0, 0.1) is 6.92 Å². The molecule has 0 amide bonds. The molecular weight excluding hydrogens is 302 g/mol. The lowest BCUT2D eigenvalue weighted by Gasteiger charge is -2.16. The van der Waals surface area contributed by atoms with Crippen LogP contribution < -0.4 is 15.4 Å². The van der Waals surface area contributed by atoms with E-state index < -0.39 is 0 Å². The number of nitrogens with zero attached hydrogens (tertiary/aromatic N) is 1. The summed E-state index contributed by atoms with van der Waals surface area (Å²) in [6, 6.07) is 10.5. The number of furan rings is 1. The average molecular weight is 327 g/mol. The van der Waals surface area contributed by atoms with E-state index >= 15 is 0 Å². The van der Waals surface area contributed by atoms with Gasteiger partial charge in [0.05, 0.1) is 12.6 Å². The smallest absolute Gasteiger partial charge is 0.191 e. The Morgan fingerprint density at radius 3 is 2.92 bits per heavy atom. The SMILES string of the molecule is CN=C(NCCc1ccc2c(c1)CCO2)NC(C)c1ccc(C)o1. The van der Waals surface area contributed by atoms with E-state index in [9.17, 15) is 0 Å². The molecule has 0 aliphatic carbocycles. The van der Waals surface area contributed by atoms with Gasteiger partial charge in [-0.15, -0.1) is 0 Å². The quantitative estimate of drug-likeness (QED) is 0.655. The fraction of sp³-hybridized carbons (Fsp3) is 0.421. The molecule has 1 atom stereocenters. The molecule has 5 heteroatoms. The summed E-state index contributed by atoms with van der Waals surface area (Å²) in [7, 11) is 1.78. The van der Waals surface area contributed by atoms with E-state index in [4.69, 9.17) is 9.15 Å². The largest absolute Gasteiger partial charge is 0.493 e. The Balaban J connectivity index is 1.49. The zero-order valence-corrected chi connectivity index (χ0v) is 14.6. The van der Waals surface area contributed by atoms with Crippen LogP contribution in [0.2, 0.25) is 0 Å². The van der Waals surface area contributed by atoms with Gasteiger partial charge in [-0.2, -0.15) is 0 Å². The second kappa shape index (κ2) is 7.43.